The van der Waals surface area contributed by atoms with Crippen molar-refractivity contribution in [2.75, 3.05) is 54.6 Å². The van der Waals surface area contributed by atoms with E-state index >= 15 is 0 Å². The number of hydrogen-bond acceptors (Lipinski definition) is 20. The highest BCUT2D eigenvalue weighted by Crippen LogP contribution is 2.59. The van der Waals surface area contributed by atoms with Gasteiger partial charge in [0.15, 0.2) is 11.6 Å². The Morgan fingerprint density at radius 2 is 0.983 bits per heavy atom. The van der Waals surface area contributed by atoms with Gasteiger partial charge in [0.1, 0.15) is 68.1 Å². The number of pyridine rings is 2. The van der Waals surface area contributed by atoms with Crippen molar-refractivity contribution in [3.8, 4) is 55.9 Å². The molecule has 5 fully saturated rings. The van der Waals surface area contributed by atoms with Crippen LogP contribution in [0.15, 0.2) is 120 Å². The number of urea groups is 2. The molecule has 15 rings (SSSR count). The molecule has 7 aliphatic rings. The second-order valence-electron chi connectivity index (χ2n) is 32.7. The summed E-state index contributed by atoms with van der Waals surface area (Å²) in [5.74, 6) is 1.80. The van der Waals surface area contributed by atoms with Crippen LogP contribution in [0, 0.1) is 36.5 Å². The van der Waals surface area contributed by atoms with Gasteiger partial charge in [-0.3, -0.25) is 23.9 Å². The molecule has 27 heteroatoms. The number of sulfonamides is 1. The summed E-state index contributed by atoms with van der Waals surface area (Å²) in [6.45, 7) is 14.3. The number of aromatic nitrogens is 4. The number of methoxy groups -OCH3 is 4. The second-order valence-corrected chi connectivity index (χ2v) is 36.4. The Labute approximate surface area is 701 Å². The van der Waals surface area contributed by atoms with Gasteiger partial charge in [-0.15, -0.1) is 22.7 Å². The first-order chi connectivity index (χ1) is 55.8. The maximum atomic E-state index is 15.0. The molecule has 4 aromatic carbocycles. The van der Waals surface area contributed by atoms with Gasteiger partial charge in [0.2, 0.25) is 15.9 Å². The number of Topliss-reactive ketones (excluding diaryl/α,β-unsaturated/α-hetero) is 2. The van der Waals surface area contributed by atoms with E-state index in [1.807, 2.05) is 133 Å². The summed E-state index contributed by atoms with van der Waals surface area (Å²) >= 11 is 3.04. The predicted octanol–water partition coefficient (Wildman–Crippen LogP) is 17.7. The first-order valence-electron chi connectivity index (χ1n) is 40.6. The van der Waals surface area contributed by atoms with E-state index in [1.54, 1.807) is 43.1 Å². The Morgan fingerprint density at radius 3 is 1.38 bits per heavy atom. The average Bonchev–Trinajstić information content (AvgIpc) is 1.63. The van der Waals surface area contributed by atoms with Crippen molar-refractivity contribution in [2.24, 2.45) is 22.7 Å². The van der Waals surface area contributed by atoms with E-state index in [4.69, 9.17) is 48.4 Å². The molecule has 5 amide bonds. The third kappa shape index (κ3) is 19.0. The van der Waals surface area contributed by atoms with Crippen LogP contribution >= 0.6 is 22.7 Å². The van der Waals surface area contributed by atoms with Gasteiger partial charge in [-0.2, -0.15) is 0 Å². The lowest BCUT2D eigenvalue weighted by molar-refractivity contribution is -0.146. The maximum absolute atomic E-state index is 15.0. The Bertz CT molecular complexity index is 5180. The molecular weight excluding hydrogens is 1560 g/mol. The van der Waals surface area contributed by atoms with Crippen LogP contribution in [0.4, 0.5) is 9.59 Å². The number of carbonyl (C=O) groups excluding carboxylic acids is 5. The van der Waals surface area contributed by atoms with Gasteiger partial charge in [0, 0.05) is 96.7 Å². The zero-order chi connectivity index (χ0) is 81.9. The fourth-order valence-corrected chi connectivity index (χ4v) is 19.9. The summed E-state index contributed by atoms with van der Waals surface area (Å²) in [5, 5.41) is 16.9. The molecule has 8 aromatic rings. The lowest BCUT2D eigenvalue weighted by atomic mass is 9.91. The molecular formula is C91H113N9O15S3. The third-order valence-corrected chi connectivity index (χ3v) is 27.6. The number of benzene rings is 4. The first-order valence-corrected chi connectivity index (χ1v) is 43.9. The van der Waals surface area contributed by atoms with E-state index < -0.39 is 62.3 Å². The standard InChI is InChI=1S/C46H55N5O8S2.C43H50N4O7S.2CH4/c1-28(2)37-27-60-43(48-37)36-22-41(35-18-19-40(58-5)29(3)42(35)47-36)59-33-21-38-39(52)24-46(44(53)49-61(55,56)34-16-17-34)23-31(46)11-9-7-6-8-10-20-50(45(54)51(38)26-33)25-30-12-14-32(57-4)15-13-30;1-26(2)34-25-55-40(45-34)33-20-38(32-16-17-37(53-5)27(3)39(32)44-33)54-31-19-35-36(48)22-43(41(49)50)21-29(43)11-9-7-6-8-10-18-46(42(51)47(35)24-31)23-28-12-14-30(52-4)15-13-28;;/h9,11-15,18-19,22,27-28,31,33-34,38H,6-8,10,16-17,20-21,23-26H2,1-5H3,(H,49,53);9,11-17,20,25-26,29,31,35H,6-8,10,18-19,21-24H2,1-5H3,(H,49,50);2*1H4/b2*11-9-;;/t31-,33-,38+,46-;29-,31-,35+,43-;;/m11../s1. The Balaban J connectivity index is 0.000000214. The molecule has 8 atom stereocenters. The number of amides is 5. The first kappa shape index (κ1) is 87.3. The molecule has 8 heterocycles. The number of nitrogens with zero attached hydrogens (tertiary/aromatic N) is 8. The van der Waals surface area contributed by atoms with Crippen LogP contribution in [0.2, 0.25) is 0 Å². The highest BCUT2D eigenvalue weighted by atomic mass is 32.2. The predicted molar refractivity (Wildman–Crippen MR) is 460 cm³/mol. The number of nitrogens with one attached hydrogen (secondary N) is 1. The highest BCUT2D eigenvalue weighted by molar-refractivity contribution is 7.91. The van der Waals surface area contributed by atoms with Crippen LogP contribution in [0.3, 0.4) is 0 Å². The summed E-state index contributed by atoms with van der Waals surface area (Å²) in [5.41, 5.74) is 5.86. The number of carbonyl (C=O) groups is 6. The monoisotopic (exact) mass is 1670 g/mol. The second kappa shape index (κ2) is 37.1. The molecule has 0 spiro atoms. The summed E-state index contributed by atoms with van der Waals surface area (Å²) in [6, 6.07) is 24.3. The summed E-state index contributed by atoms with van der Waals surface area (Å²) in [6.07, 6.45) is 15.6. The fraction of sp³-hybridized carbons (Fsp3) is 0.495. The number of carboxylic acid groups (broad SMARTS) is 1. The third-order valence-electron chi connectivity index (χ3n) is 24.0. The van der Waals surface area contributed by atoms with Crippen molar-refractivity contribution in [3.63, 3.8) is 0 Å². The van der Waals surface area contributed by atoms with E-state index in [-0.39, 0.29) is 101 Å². The van der Waals surface area contributed by atoms with Gasteiger partial charge in [-0.25, -0.2) is 37.9 Å². The molecule has 0 radical (unpaired) electrons. The maximum Gasteiger partial charge on any atom is 0.321 e. The lowest BCUT2D eigenvalue weighted by Crippen LogP contribution is -2.49. The number of aryl methyl sites for hydroxylation is 2. The fourth-order valence-electron chi connectivity index (χ4n) is 16.7. The smallest absolute Gasteiger partial charge is 0.321 e. The van der Waals surface area contributed by atoms with Crippen molar-refractivity contribution in [2.45, 2.75) is 214 Å². The topological polar surface area (TPSA) is 289 Å². The van der Waals surface area contributed by atoms with Gasteiger partial charge < -0.3 is 53.1 Å². The minimum absolute atomic E-state index is 0. The van der Waals surface area contributed by atoms with Crippen molar-refractivity contribution in [1.82, 2.24) is 44.3 Å². The van der Waals surface area contributed by atoms with E-state index in [0.717, 1.165) is 117 Å². The number of thiazole rings is 2. The average molecular weight is 1670 g/mol. The molecule has 118 heavy (non-hydrogen) atoms. The molecule has 3 saturated carbocycles. The Kier molecular flexibility index (Phi) is 27.5. The largest absolute Gasteiger partial charge is 0.497 e. The van der Waals surface area contributed by atoms with Gasteiger partial charge in [0.25, 0.3) is 0 Å². The molecule has 24 nitrogen and oxygen atoms in total. The van der Waals surface area contributed by atoms with E-state index in [2.05, 4.69) is 38.5 Å². The van der Waals surface area contributed by atoms with Crippen LogP contribution in [0.25, 0.3) is 43.2 Å². The van der Waals surface area contributed by atoms with Crippen LogP contribution in [-0.2, 0) is 42.3 Å². The van der Waals surface area contributed by atoms with Crippen molar-refractivity contribution in [1.29, 1.82) is 0 Å². The molecule has 4 aromatic heterocycles. The minimum atomic E-state index is -3.84. The number of aliphatic carboxylic acids is 1. The SMILES string of the molecule is C.C.COc1ccc(CN2CCCCC/C=C\[C@@H]3C[C@@]3(C(=O)NS(=O)(=O)C3CC3)CC(=O)[C@@H]3C[C@@H](Oc4cc(-c5nc(C(C)C)cs5)nc5c(C)c(OC)ccc45)CN3C2=O)cc1.COc1ccc(CN2CCCCC/C=C\[C@@H]3C[C@@]3(C(=O)O)CC(=O)[C@@H]3C[C@@H](Oc4cc(-c5nc(C(C)C)cs5)nc5c(C)c(OC)ccc45)CN3C2=O)cc1. The Morgan fingerprint density at radius 1 is 0.559 bits per heavy atom. The van der Waals surface area contributed by atoms with E-state index in [9.17, 15) is 42.3 Å². The number of allylic oxidation sites excluding steroid dienone is 4. The number of ether oxygens (including phenoxy) is 6. The van der Waals surface area contributed by atoms with Gasteiger partial charge >= 0.3 is 18.0 Å². The molecule has 3 aliphatic carbocycles. The summed E-state index contributed by atoms with van der Waals surface area (Å²) in [7, 11) is 2.64. The van der Waals surface area contributed by atoms with Crippen LogP contribution < -0.4 is 33.1 Å². The summed E-state index contributed by atoms with van der Waals surface area (Å²) in [4.78, 5) is 112. The normalized spacial score (nSPS) is 23.6. The number of rotatable bonds is 20. The highest BCUT2D eigenvalue weighted by Gasteiger charge is 2.63. The van der Waals surface area contributed by atoms with Gasteiger partial charge in [-0.05, 0) is 161 Å². The molecule has 0 bridgehead atoms. The number of fused-ring (bicyclic) bond motifs is 6. The number of ketones is 2. The van der Waals surface area contributed by atoms with Crippen LogP contribution in [0.1, 0.15) is 191 Å². The number of hydrogen-bond donors (Lipinski definition) is 2. The lowest BCUT2D eigenvalue weighted by Gasteiger charge is -2.32. The molecule has 2 saturated heterocycles. The quantitative estimate of drug-likeness (QED) is 0.0670. The van der Waals surface area contributed by atoms with E-state index in [0.29, 0.717) is 97.5 Å². The Hall–Kier alpha value is -9.99. The molecule has 0 unspecified atom stereocenters. The van der Waals surface area contributed by atoms with Crippen LogP contribution in [-0.4, -0.2) is 173 Å². The van der Waals surface area contributed by atoms with E-state index in [1.165, 1.54) is 22.7 Å². The molecule has 4 aliphatic heterocycles. The van der Waals surface area contributed by atoms with Crippen molar-refractivity contribution >= 4 is 90.0 Å². The zero-order valence-electron chi connectivity index (χ0n) is 67.8. The molecule has 630 valence electrons. The zero-order valence-corrected chi connectivity index (χ0v) is 70.2. The van der Waals surface area contributed by atoms with Crippen molar-refractivity contribution in [3.05, 3.63) is 154 Å². The minimum Gasteiger partial charge on any atom is -0.497 e. The number of carboxylic acids is 1. The van der Waals surface area contributed by atoms with Gasteiger partial charge in [-0.1, -0.05) is 104 Å². The van der Waals surface area contributed by atoms with Gasteiger partial charge in [0.05, 0.1) is 92.1 Å². The summed E-state index contributed by atoms with van der Waals surface area (Å²) < 4.78 is 64.2. The van der Waals surface area contributed by atoms with Crippen molar-refractivity contribution < 1.29 is 70.7 Å². The van der Waals surface area contributed by atoms with Crippen LogP contribution in [0.5, 0.6) is 34.5 Å². The molecule has 2 N–H and O–H groups in total.